The number of carbonyl (C=O) groups is 1. The van der Waals surface area contributed by atoms with Gasteiger partial charge in [-0.05, 0) is 38.0 Å². The van der Waals surface area contributed by atoms with Gasteiger partial charge in [0, 0.05) is 6.04 Å². The third-order valence-electron chi connectivity index (χ3n) is 4.00. The van der Waals surface area contributed by atoms with Crippen LogP contribution in [0.25, 0.3) is 11.0 Å². The van der Waals surface area contributed by atoms with Crippen molar-refractivity contribution in [3.63, 3.8) is 0 Å². The predicted molar refractivity (Wildman–Crippen MR) is 78.4 cm³/mol. The van der Waals surface area contributed by atoms with E-state index < -0.39 is 15.8 Å². The van der Waals surface area contributed by atoms with Gasteiger partial charge in [-0.1, -0.05) is 0 Å². The summed E-state index contributed by atoms with van der Waals surface area (Å²) in [7, 11) is -2.90. The van der Waals surface area contributed by atoms with Gasteiger partial charge in [-0.3, -0.25) is 0 Å². The third-order valence-corrected chi connectivity index (χ3v) is 5.72. The van der Waals surface area contributed by atoms with Gasteiger partial charge in [0.2, 0.25) is 0 Å². The molecule has 112 valence electrons. The molecule has 21 heavy (non-hydrogen) atoms. The van der Waals surface area contributed by atoms with Crippen molar-refractivity contribution >= 4 is 26.8 Å². The molecule has 0 saturated carbocycles. The summed E-state index contributed by atoms with van der Waals surface area (Å²) < 4.78 is 25.1. The van der Waals surface area contributed by atoms with E-state index in [4.69, 9.17) is 5.11 Å². The van der Waals surface area contributed by atoms with Crippen molar-refractivity contribution in [2.75, 3.05) is 11.5 Å². The molecule has 1 aromatic heterocycles. The summed E-state index contributed by atoms with van der Waals surface area (Å²) in [6.45, 7) is 1.86. The summed E-state index contributed by atoms with van der Waals surface area (Å²) in [5.41, 5.74) is 1.71. The molecule has 0 unspecified atom stereocenters. The lowest BCUT2D eigenvalue weighted by molar-refractivity contribution is 0.0697. The van der Waals surface area contributed by atoms with Crippen LogP contribution in [0.1, 0.15) is 35.1 Å². The largest absolute Gasteiger partial charge is 0.478 e. The molecule has 0 radical (unpaired) electrons. The van der Waals surface area contributed by atoms with E-state index in [0.717, 1.165) is 11.3 Å². The topological polar surface area (TPSA) is 89.3 Å². The number of carboxylic acid groups (broad SMARTS) is 1. The van der Waals surface area contributed by atoms with Crippen molar-refractivity contribution in [2.45, 2.75) is 25.8 Å². The molecule has 3 rings (SSSR count). The molecule has 0 amide bonds. The summed E-state index contributed by atoms with van der Waals surface area (Å²) in [5.74, 6) is 0.207. The quantitative estimate of drug-likeness (QED) is 0.913. The molecule has 0 aliphatic carbocycles. The fourth-order valence-corrected chi connectivity index (χ4v) is 4.42. The molecule has 0 spiro atoms. The molecule has 2 heterocycles. The Morgan fingerprint density at radius 1 is 1.33 bits per heavy atom. The summed E-state index contributed by atoms with van der Waals surface area (Å²) in [5, 5.41) is 9.03. The number of hydrogen-bond acceptors (Lipinski definition) is 4. The molecule has 1 saturated heterocycles. The smallest absolute Gasteiger partial charge is 0.335 e. The zero-order valence-corrected chi connectivity index (χ0v) is 12.4. The van der Waals surface area contributed by atoms with E-state index in [0.29, 0.717) is 18.4 Å². The van der Waals surface area contributed by atoms with Crippen molar-refractivity contribution < 1.29 is 18.3 Å². The Morgan fingerprint density at radius 3 is 2.62 bits per heavy atom. The highest BCUT2D eigenvalue weighted by Gasteiger charge is 2.27. The molecule has 1 aliphatic heterocycles. The number of imidazole rings is 1. The molecule has 1 aliphatic rings. The van der Waals surface area contributed by atoms with Gasteiger partial charge < -0.3 is 9.67 Å². The van der Waals surface area contributed by atoms with Crippen LogP contribution < -0.4 is 0 Å². The molecule has 1 N–H and O–H groups in total. The first kappa shape index (κ1) is 14.1. The lowest BCUT2D eigenvalue weighted by Gasteiger charge is -2.25. The number of aryl methyl sites for hydroxylation is 1. The average molecular weight is 308 g/mol. The van der Waals surface area contributed by atoms with Gasteiger partial charge in [0.25, 0.3) is 0 Å². The number of carboxylic acids is 1. The van der Waals surface area contributed by atoms with E-state index in [1.165, 1.54) is 0 Å². The van der Waals surface area contributed by atoms with Crippen molar-refractivity contribution in [2.24, 2.45) is 0 Å². The molecule has 1 fully saturated rings. The summed E-state index contributed by atoms with van der Waals surface area (Å²) in [6.07, 6.45) is 1.16. The van der Waals surface area contributed by atoms with Crippen molar-refractivity contribution in [1.29, 1.82) is 0 Å². The van der Waals surface area contributed by atoms with Crippen LogP contribution >= 0.6 is 0 Å². The van der Waals surface area contributed by atoms with Crippen LogP contribution in [0.2, 0.25) is 0 Å². The Labute approximate surface area is 122 Å². The lowest BCUT2D eigenvalue weighted by atomic mass is 10.1. The van der Waals surface area contributed by atoms with Gasteiger partial charge in [0.15, 0.2) is 0 Å². The second-order valence-corrected chi connectivity index (χ2v) is 7.72. The highest BCUT2D eigenvalue weighted by atomic mass is 32.2. The Kier molecular flexibility index (Phi) is 3.24. The van der Waals surface area contributed by atoms with E-state index in [-0.39, 0.29) is 23.1 Å². The van der Waals surface area contributed by atoms with E-state index in [1.807, 2.05) is 11.5 Å². The minimum absolute atomic E-state index is 0.106. The normalized spacial score (nSPS) is 18.9. The molecule has 6 nitrogen and oxygen atoms in total. The molecule has 7 heteroatoms. The Morgan fingerprint density at radius 2 is 2.00 bits per heavy atom. The standard InChI is InChI=1S/C14H16N2O4S/c1-9-15-12-8-10(14(17)18)2-3-13(12)16(9)11-4-6-21(19,20)7-5-11/h2-3,8,11H,4-7H2,1H3,(H,17,18). The van der Waals surface area contributed by atoms with Crippen LogP contribution in [0.3, 0.4) is 0 Å². The first-order valence-electron chi connectivity index (χ1n) is 6.80. The van der Waals surface area contributed by atoms with Crippen LogP contribution in [0, 0.1) is 6.92 Å². The number of aromatic carboxylic acids is 1. The first-order chi connectivity index (χ1) is 9.87. The van der Waals surface area contributed by atoms with E-state index in [2.05, 4.69) is 4.98 Å². The lowest BCUT2D eigenvalue weighted by Crippen LogP contribution is -2.26. The van der Waals surface area contributed by atoms with E-state index >= 15 is 0 Å². The number of nitrogens with zero attached hydrogens (tertiary/aromatic N) is 2. The Balaban J connectivity index is 2.03. The van der Waals surface area contributed by atoms with Gasteiger partial charge in [0.05, 0.1) is 28.1 Å². The summed E-state index contributed by atoms with van der Waals surface area (Å²) in [6, 6.07) is 4.97. The number of rotatable bonds is 2. The van der Waals surface area contributed by atoms with Gasteiger partial charge in [-0.2, -0.15) is 0 Å². The molecular weight excluding hydrogens is 292 g/mol. The van der Waals surface area contributed by atoms with Crippen LogP contribution in [0.5, 0.6) is 0 Å². The zero-order valence-electron chi connectivity index (χ0n) is 11.6. The first-order valence-corrected chi connectivity index (χ1v) is 8.62. The Bertz CT molecular complexity index is 809. The maximum Gasteiger partial charge on any atom is 0.335 e. The van der Waals surface area contributed by atoms with Gasteiger partial charge in [0.1, 0.15) is 15.7 Å². The Hall–Kier alpha value is -1.89. The van der Waals surface area contributed by atoms with E-state index in [1.54, 1.807) is 18.2 Å². The number of hydrogen-bond donors (Lipinski definition) is 1. The van der Waals surface area contributed by atoms with Crippen LogP contribution in [-0.2, 0) is 9.84 Å². The fraction of sp³-hybridized carbons (Fsp3) is 0.429. The van der Waals surface area contributed by atoms with Gasteiger partial charge >= 0.3 is 5.97 Å². The fourth-order valence-electron chi connectivity index (χ4n) is 2.95. The average Bonchev–Trinajstić information content (AvgIpc) is 2.74. The van der Waals surface area contributed by atoms with Crippen molar-refractivity contribution in [1.82, 2.24) is 9.55 Å². The number of fused-ring (bicyclic) bond motifs is 1. The van der Waals surface area contributed by atoms with Crippen LogP contribution in [0.15, 0.2) is 18.2 Å². The third kappa shape index (κ3) is 2.53. The second kappa shape index (κ2) is 4.84. The SMILES string of the molecule is Cc1nc2cc(C(=O)O)ccc2n1C1CCS(=O)(=O)CC1. The van der Waals surface area contributed by atoms with Crippen molar-refractivity contribution in [3.05, 3.63) is 29.6 Å². The summed E-state index contributed by atoms with van der Waals surface area (Å²) >= 11 is 0. The zero-order chi connectivity index (χ0) is 15.2. The molecule has 2 aromatic rings. The number of sulfone groups is 1. The van der Waals surface area contributed by atoms with Gasteiger partial charge in [-0.25, -0.2) is 18.2 Å². The monoisotopic (exact) mass is 308 g/mol. The van der Waals surface area contributed by atoms with Gasteiger partial charge in [-0.15, -0.1) is 0 Å². The molecular formula is C14H16N2O4S. The predicted octanol–water partition coefficient (Wildman–Crippen LogP) is 1.79. The van der Waals surface area contributed by atoms with Crippen LogP contribution in [0.4, 0.5) is 0 Å². The highest BCUT2D eigenvalue weighted by Crippen LogP contribution is 2.29. The maximum absolute atomic E-state index is 11.5. The van der Waals surface area contributed by atoms with E-state index in [9.17, 15) is 13.2 Å². The maximum atomic E-state index is 11.5. The summed E-state index contributed by atoms with van der Waals surface area (Å²) in [4.78, 5) is 15.4. The molecule has 0 bridgehead atoms. The second-order valence-electron chi connectivity index (χ2n) is 5.42. The minimum Gasteiger partial charge on any atom is -0.478 e. The number of benzene rings is 1. The van der Waals surface area contributed by atoms with Crippen molar-refractivity contribution in [3.8, 4) is 0 Å². The number of aromatic nitrogens is 2. The minimum atomic E-state index is -2.90. The highest BCUT2D eigenvalue weighted by molar-refractivity contribution is 7.91. The molecule has 0 atom stereocenters. The van der Waals surface area contributed by atoms with Crippen LogP contribution in [-0.4, -0.2) is 40.6 Å². The molecule has 1 aromatic carbocycles.